The summed E-state index contributed by atoms with van der Waals surface area (Å²) in [6, 6.07) is 50.6. The SMILES string of the molecule is Cc1c(C)n(-c2cc3ccccc3c3ccccc23)c2cc3c(C(C)(C)C)c4cc5c(C)c(C)n(-c6cc7ccccc7c7ccccc67)c5cc4c(C(C)(C)C)c3cc12. The molecule has 0 saturated carbocycles. The third-order valence-electron chi connectivity index (χ3n) is 13.9. The minimum atomic E-state index is -0.133. The van der Waals surface area contributed by atoms with E-state index in [1.54, 1.807) is 0 Å². The molecule has 0 unspecified atom stereocenters. The van der Waals surface area contributed by atoms with Crippen LogP contribution in [0.4, 0.5) is 0 Å². The van der Waals surface area contributed by atoms with E-state index in [-0.39, 0.29) is 10.8 Å². The Morgan fingerprint density at radius 2 is 0.633 bits per heavy atom. The molecule has 0 amide bonds. The van der Waals surface area contributed by atoms with Crippen molar-refractivity contribution >= 4 is 86.4 Å². The monoisotopic (exact) mass is 776 g/mol. The Kier molecular flexibility index (Phi) is 7.68. The quantitative estimate of drug-likeness (QED) is 0.122. The van der Waals surface area contributed by atoms with Gasteiger partial charge >= 0.3 is 0 Å². The van der Waals surface area contributed by atoms with E-state index in [1.165, 1.54) is 131 Å². The molecule has 0 aliphatic heterocycles. The molecule has 2 heteroatoms. The summed E-state index contributed by atoms with van der Waals surface area (Å²) < 4.78 is 5.11. The molecule has 0 aliphatic rings. The molecule has 11 aromatic rings. The molecular weight excluding hydrogens is 725 g/mol. The first-order valence-electron chi connectivity index (χ1n) is 21.6. The van der Waals surface area contributed by atoms with E-state index < -0.39 is 0 Å². The molecule has 294 valence electrons. The molecule has 0 fully saturated rings. The Balaban J connectivity index is 1.29. The number of rotatable bonds is 2. The fourth-order valence-electron chi connectivity index (χ4n) is 11.0. The van der Waals surface area contributed by atoms with Gasteiger partial charge in [-0.15, -0.1) is 0 Å². The van der Waals surface area contributed by atoms with Gasteiger partial charge in [-0.2, -0.15) is 0 Å². The van der Waals surface area contributed by atoms with Crippen molar-refractivity contribution < 1.29 is 0 Å². The van der Waals surface area contributed by atoms with Gasteiger partial charge in [0.25, 0.3) is 0 Å². The molecule has 9 aromatic carbocycles. The van der Waals surface area contributed by atoms with Crippen molar-refractivity contribution in [2.45, 2.75) is 80.1 Å². The van der Waals surface area contributed by atoms with Crippen molar-refractivity contribution in [2.24, 2.45) is 0 Å². The van der Waals surface area contributed by atoms with Gasteiger partial charge in [-0.1, -0.05) is 139 Å². The van der Waals surface area contributed by atoms with Crippen LogP contribution in [0.5, 0.6) is 0 Å². The molecule has 2 heterocycles. The fourth-order valence-corrected chi connectivity index (χ4v) is 11.0. The number of hydrogen-bond donors (Lipinski definition) is 0. The summed E-state index contributed by atoms with van der Waals surface area (Å²) in [6.45, 7) is 23.7. The van der Waals surface area contributed by atoms with Gasteiger partial charge in [0.2, 0.25) is 0 Å². The van der Waals surface area contributed by atoms with Gasteiger partial charge in [-0.3, -0.25) is 0 Å². The Morgan fingerprint density at radius 3 is 1.00 bits per heavy atom. The Bertz CT molecular complexity index is 3400. The Hall–Kier alpha value is -6.38. The largest absolute Gasteiger partial charge is 0.313 e. The highest BCUT2D eigenvalue weighted by molar-refractivity contribution is 6.17. The molecule has 11 rings (SSSR count). The molecule has 0 N–H and O–H groups in total. The van der Waals surface area contributed by atoms with Crippen molar-refractivity contribution in [3.05, 3.63) is 167 Å². The zero-order valence-electron chi connectivity index (χ0n) is 36.6. The molecule has 60 heavy (non-hydrogen) atoms. The normalized spacial score (nSPS) is 12.8. The minimum Gasteiger partial charge on any atom is -0.313 e. The van der Waals surface area contributed by atoms with Crippen molar-refractivity contribution in [2.75, 3.05) is 0 Å². The highest BCUT2D eigenvalue weighted by atomic mass is 15.0. The molecule has 0 atom stereocenters. The predicted octanol–water partition coefficient (Wildman–Crippen LogP) is 16.3. The molecule has 2 aromatic heterocycles. The maximum Gasteiger partial charge on any atom is 0.0543 e. The van der Waals surface area contributed by atoms with Gasteiger partial charge in [0, 0.05) is 32.9 Å². The first-order chi connectivity index (χ1) is 28.7. The second-order valence-corrected chi connectivity index (χ2v) is 19.5. The van der Waals surface area contributed by atoms with Gasteiger partial charge in [-0.25, -0.2) is 0 Å². The van der Waals surface area contributed by atoms with Gasteiger partial charge in [0.15, 0.2) is 0 Å². The van der Waals surface area contributed by atoms with E-state index in [9.17, 15) is 0 Å². The summed E-state index contributed by atoms with van der Waals surface area (Å²) in [7, 11) is 0. The van der Waals surface area contributed by atoms with Crippen molar-refractivity contribution in [3.63, 3.8) is 0 Å². The maximum absolute atomic E-state index is 2.55. The zero-order valence-corrected chi connectivity index (χ0v) is 36.6. The van der Waals surface area contributed by atoms with Crippen LogP contribution in [0.15, 0.2) is 133 Å². The van der Waals surface area contributed by atoms with Crippen LogP contribution < -0.4 is 0 Å². The lowest BCUT2D eigenvalue weighted by atomic mass is 9.73. The summed E-state index contributed by atoms with van der Waals surface area (Å²) in [5, 5.41) is 18.3. The fraction of sp³-hybridized carbons (Fsp3) is 0.207. The zero-order chi connectivity index (χ0) is 41.6. The van der Waals surface area contributed by atoms with Crippen LogP contribution >= 0.6 is 0 Å². The van der Waals surface area contributed by atoms with Crippen LogP contribution in [0.2, 0.25) is 0 Å². The third-order valence-corrected chi connectivity index (χ3v) is 13.9. The Labute approximate surface area is 352 Å². The number of aryl methyl sites for hydroxylation is 2. The maximum atomic E-state index is 2.55. The van der Waals surface area contributed by atoms with E-state index in [4.69, 9.17) is 0 Å². The van der Waals surface area contributed by atoms with Crippen LogP contribution in [0.25, 0.3) is 97.8 Å². The van der Waals surface area contributed by atoms with Crippen LogP contribution in [0.1, 0.15) is 75.2 Å². The number of nitrogens with zero attached hydrogens (tertiary/aromatic N) is 2. The van der Waals surface area contributed by atoms with Gasteiger partial charge in [0.05, 0.1) is 22.4 Å². The lowest BCUT2D eigenvalue weighted by molar-refractivity contribution is 0.593. The lowest BCUT2D eigenvalue weighted by Gasteiger charge is -2.31. The highest BCUT2D eigenvalue weighted by Crippen LogP contribution is 2.49. The average molecular weight is 777 g/mol. The summed E-state index contributed by atoms with van der Waals surface area (Å²) in [5.74, 6) is 0. The van der Waals surface area contributed by atoms with Gasteiger partial charge < -0.3 is 9.13 Å². The summed E-state index contributed by atoms with van der Waals surface area (Å²) in [6.07, 6.45) is 0. The number of hydrogen-bond acceptors (Lipinski definition) is 0. The van der Waals surface area contributed by atoms with Crippen LogP contribution in [0, 0.1) is 27.7 Å². The molecule has 0 radical (unpaired) electrons. The second-order valence-electron chi connectivity index (χ2n) is 19.5. The van der Waals surface area contributed by atoms with Crippen LogP contribution in [0.3, 0.4) is 0 Å². The molecule has 0 bridgehead atoms. The summed E-state index contributed by atoms with van der Waals surface area (Å²) in [4.78, 5) is 0. The van der Waals surface area contributed by atoms with E-state index >= 15 is 0 Å². The lowest BCUT2D eigenvalue weighted by Crippen LogP contribution is -2.18. The molecular formula is C58H52N2. The second kappa shape index (κ2) is 12.6. The van der Waals surface area contributed by atoms with E-state index in [2.05, 4.69) is 212 Å². The summed E-state index contributed by atoms with van der Waals surface area (Å²) in [5.41, 5.74) is 12.8. The van der Waals surface area contributed by atoms with E-state index in [0.717, 1.165) is 0 Å². The molecule has 0 spiro atoms. The van der Waals surface area contributed by atoms with Crippen LogP contribution in [-0.4, -0.2) is 9.13 Å². The van der Waals surface area contributed by atoms with Gasteiger partial charge in [0.1, 0.15) is 0 Å². The minimum absolute atomic E-state index is 0.133. The molecule has 2 nitrogen and oxygen atoms in total. The number of aromatic nitrogens is 2. The van der Waals surface area contributed by atoms with Crippen molar-refractivity contribution in [1.82, 2.24) is 9.13 Å². The third kappa shape index (κ3) is 5.06. The predicted molar refractivity (Wildman–Crippen MR) is 261 cm³/mol. The molecule has 0 saturated heterocycles. The first kappa shape index (κ1) is 36.7. The van der Waals surface area contributed by atoms with Crippen LogP contribution in [-0.2, 0) is 10.8 Å². The Morgan fingerprint density at radius 1 is 0.317 bits per heavy atom. The van der Waals surface area contributed by atoms with Crippen molar-refractivity contribution in [3.8, 4) is 11.4 Å². The van der Waals surface area contributed by atoms with Gasteiger partial charge in [-0.05, 0) is 151 Å². The summed E-state index contributed by atoms with van der Waals surface area (Å²) >= 11 is 0. The first-order valence-corrected chi connectivity index (χ1v) is 21.6. The molecule has 0 aliphatic carbocycles. The average Bonchev–Trinajstić information content (AvgIpc) is 3.61. The number of benzene rings is 9. The van der Waals surface area contributed by atoms with E-state index in [1.807, 2.05) is 0 Å². The number of fused-ring (bicyclic) bond motifs is 10. The van der Waals surface area contributed by atoms with E-state index in [0.29, 0.717) is 0 Å². The van der Waals surface area contributed by atoms with Crippen molar-refractivity contribution in [1.29, 1.82) is 0 Å². The highest BCUT2D eigenvalue weighted by Gasteiger charge is 2.30. The smallest absolute Gasteiger partial charge is 0.0543 e. The standard InChI is InChI=1S/C58H52N2/c1-33-35(3)59(51-27-37-19-11-13-21-39(37)41-23-15-17-25-43(41)51)53-31-49-47(29-45(33)53)55(57(5,6)7)50-32-54-46(30-48(50)56(49)58(8,9)10)34(2)36(4)60(54)52-28-38-20-12-14-22-40(38)42-24-16-18-26-44(42)52/h11-32H,1-10H3. The topological polar surface area (TPSA) is 9.86 Å².